The van der Waals surface area contributed by atoms with Crippen molar-refractivity contribution in [1.29, 1.82) is 0 Å². The van der Waals surface area contributed by atoms with E-state index < -0.39 is 0 Å². The van der Waals surface area contributed by atoms with Crippen LogP contribution in [0.15, 0.2) is 109 Å². The maximum Gasteiger partial charge on any atom is 0.264 e. The maximum atomic E-state index is 2.63. The molecule has 0 fully saturated rings. The molecule has 3 aliphatic rings. The first kappa shape index (κ1) is 27.1. The minimum atomic E-state index is 0.126. The summed E-state index contributed by atoms with van der Waals surface area (Å²) in [5, 5.41) is 1.34. The summed E-state index contributed by atoms with van der Waals surface area (Å²) in [4.78, 5) is 5.12. The summed E-state index contributed by atoms with van der Waals surface area (Å²) in [6, 6.07) is 41.1. The largest absolute Gasteiger partial charge is 0.311 e. The van der Waals surface area contributed by atoms with E-state index in [1.807, 2.05) is 11.3 Å². The van der Waals surface area contributed by atoms with E-state index in [2.05, 4.69) is 154 Å². The lowest BCUT2D eigenvalue weighted by Gasteiger charge is -2.47. The number of aryl methyl sites for hydroxylation is 1. The van der Waals surface area contributed by atoms with Gasteiger partial charge >= 0.3 is 0 Å². The second-order valence-corrected chi connectivity index (χ2v) is 15.6. The molecule has 1 aromatic heterocycles. The number of fused-ring (bicyclic) bond motifs is 7. The highest BCUT2D eigenvalue weighted by Gasteiger charge is 2.47. The zero-order valence-electron chi connectivity index (χ0n) is 26.7. The highest BCUT2D eigenvalue weighted by molar-refractivity contribution is 7.33. The molecule has 0 radical (unpaired) electrons. The summed E-state index contributed by atoms with van der Waals surface area (Å²) in [6.07, 6.45) is 2.41. The zero-order chi connectivity index (χ0) is 30.7. The average Bonchev–Trinajstić information content (AvgIpc) is 3.43. The molecule has 5 aromatic carbocycles. The molecule has 0 unspecified atom stereocenters. The van der Waals surface area contributed by atoms with Crippen LogP contribution in [0.4, 0.5) is 34.1 Å². The van der Waals surface area contributed by atoms with Crippen molar-refractivity contribution >= 4 is 78.0 Å². The molecule has 2 aliphatic heterocycles. The molecule has 4 heteroatoms. The van der Waals surface area contributed by atoms with Crippen LogP contribution >= 0.6 is 11.3 Å². The van der Waals surface area contributed by atoms with Gasteiger partial charge in [-0.3, -0.25) is 0 Å². The second-order valence-electron chi connectivity index (χ2n) is 14.5. The van der Waals surface area contributed by atoms with E-state index in [1.54, 1.807) is 0 Å². The van der Waals surface area contributed by atoms with Crippen molar-refractivity contribution in [3.63, 3.8) is 0 Å². The molecule has 220 valence electrons. The van der Waals surface area contributed by atoms with E-state index in [1.165, 1.54) is 89.4 Å². The third-order valence-electron chi connectivity index (χ3n) is 10.8. The molecule has 6 aromatic rings. The summed E-state index contributed by atoms with van der Waals surface area (Å²) >= 11 is 1.98. The van der Waals surface area contributed by atoms with Crippen molar-refractivity contribution in [3.8, 4) is 0 Å². The van der Waals surface area contributed by atoms with Crippen molar-refractivity contribution in [2.75, 3.05) is 9.80 Å². The summed E-state index contributed by atoms with van der Waals surface area (Å²) in [5.74, 6) is 0. The van der Waals surface area contributed by atoms with Gasteiger partial charge in [0.15, 0.2) is 0 Å². The molecule has 9 rings (SSSR count). The highest BCUT2D eigenvalue weighted by Crippen LogP contribution is 2.51. The Morgan fingerprint density at radius 3 is 2.00 bits per heavy atom. The number of para-hydroxylation sites is 2. The number of hydrogen-bond donors (Lipinski definition) is 0. The standard InChI is InChI=1S/C41H37BN2S/c1-26-14-9-11-18-32(26)44-34-20-13-19-33-37(34)42(39-38(44)28-17-10-12-21-36(28)45-39)31-24-29-30(41(4,5)23-22-40(29,2)3)25-35(31)43(33)27-15-7-6-8-16-27/h6-21,24-25H,22-23H2,1-5H3. The Hall–Kier alpha value is -4.28. The van der Waals surface area contributed by atoms with Crippen LogP contribution in [0.5, 0.6) is 0 Å². The first-order chi connectivity index (χ1) is 21.7. The third kappa shape index (κ3) is 3.75. The van der Waals surface area contributed by atoms with Gasteiger partial charge in [-0.2, -0.15) is 0 Å². The molecule has 0 atom stereocenters. The summed E-state index contributed by atoms with van der Waals surface area (Å²) < 4.78 is 2.79. The van der Waals surface area contributed by atoms with Crippen LogP contribution in [-0.2, 0) is 10.8 Å². The fraction of sp³-hybridized carbons (Fsp3) is 0.220. The lowest BCUT2D eigenvalue weighted by molar-refractivity contribution is 0.332. The number of hydrogen-bond acceptors (Lipinski definition) is 3. The predicted molar refractivity (Wildman–Crippen MR) is 196 cm³/mol. The number of rotatable bonds is 2. The minimum absolute atomic E-state index is 0.126. The van der Waals surface area contributed by atoms with E-state index >= 15 is 0 Å². The van der Waals surface area contributed by atoms with Crippen LogP contribution in [0.25, 0.3) is 10.1 Å². The first-order valence-corrected chi connectivity index (χ1v) is 17.1. The van der Waals surface area contributed by atoms with E-state index in [9.17, 15) is 0 Å². The van der Waals surface area contributed by atoms with Crippen LogP contribution in [0.1, 0.15) is 57.2 Å². The monoisotopic (exact) mass is 600 g/mol. The highest BCUT2D eigenvalue weighted by atomic mass is 32.1. The normalized spacial score (nSPS) is 17.0. The Labute approximate surface area is 271 Å². The Morgan fingerprint density at radius 1 is 0.622 bits per heavy atom. The van der Waals surface area contributed by atoms with Gasteiger partial charge < -0.3 is 9.80 Å². The van der Waals surface area contributed by atoms with E-state index in [-0.39, 0.29) is 17.5 Å². The molecule has 0 amide bonds. The van der Waals surface area contributed by atoms with Crippen molar-refractivity contribution in [3.05, 3.63) is 126 Å². The Morgan fingerprint density at radius 2 is 1.24 bits per heavy atom. The average molecular weight is 601 g/mol. The van der Waals surface area contributed by atoms with Crippen LogP contribution in [0.3, 0.4) is 0 Å². The fourth-order valence-corrected chi connectivity index (χ4v) is 9.66. The molecule has 1 aliphatic carbocycles. The molecule has 45 heavy (non-hydrogen) atoms. The van der Waals surface area contributed by atoms with Gasteiger partial charge in [-0.25, -0.2) is 0 Å². The van der Waals surface area contributed by atoms with Gasteiger partial charge in [-0.05, 0) is 101 Å². The number of anilines is 6. The molecule has 3 heterocycles. The predicted octanol–water partition coefficient (Wildman–Crippen LogP) is 9.64. The molecule has 0 saturated carbocycles. The second kappa shape index (κ2) is 9.37. The lowest BCUT2D eigenvalue weighted by Crippen LogP contribution is -2.61. The van der Waals surface area contributed by atoms with Gasteiger partial charge in [0.2, 0.25) is 0 Å². The van der Waals surface area contributed by atoms with Crippen molar-refractivity contribution in [2.24, 2.45) is 0 Å². The number of thiophene rings is 1. The van der Waals surface area contributed by atoms with Gasteiger partial charge in [0.25, 0.3) is 6.71 Å². The third-order valence-corrected chi connectivity index (χ3v) is 12.1. The topological polar surface area (TPSA) is 6.48 Å². The Bertz CT molecular complexity index is 2160. The molecule has 0 saturated heterocycles. The van der Waals surface area contributed by atoms with E-state index in [0.717, 1.165) is 0 Å². The van der Waals surface area contributed by atoms with Gasteiger partial charge in [-0.1, -0.05) is 94.4 Å². The van der Waals surface area contributed by atoms with Crippen LogP contribution < -0.4 is 25.5 Å². The quantitative estimate of drug-likeness (QED) is 0.182. The minimum Gasteiger partial charge on any atom is -0.311 e. The molecular formula is C41H37BN2S. The number of benzene rings is 5. The summed E-state index contributed by atoms with van der Waals surface area (Å²) in [6.45, 7) is 12.2. The Kier molecular flexibility index (Phi) is 5.64. The van der Waals surface area contributed by atoms with Crippen LogP contribution in [0, 0.1) is 6.92 Å². The summed E-state index contributed by atoms with van der Waals surface area (Å²) in [5.41, 5.74) is 15.1. The smallest absolute Gasteiger partial charge is 0.264 e. The van der Waals surface area contributed by atoms with Gasteiger partial charge in [0.05, 0.1) is 5.69 Å². The van der Waals surface area contributed by atoms with Crippen molar-refractivity contribution in [1.82, 2.24) is 0 Å². The van der Waals surface area contributed by atoms with Crippen LogP contribution in [-0.4, -0.2) is 6.71 Å². The van der Waals surface area contributed by atoms with Gasteiger partial charge in [0, 0.05) is 43.3 Å². The van der Waals surface area contributed by atoms with Crippen molar-refractivity contribution < 1.29 is 0 Å². The van der Waals surface area contributed by atoms with Gasteiger partial charge in [-0.15, -0.1) is 11.3 Å². The molecule has 0 spiro atoms. The summed E-state index contributed by atoms with van der Waals surface area (Å²) in [7, 11) is 0. The SMILES string of the molecule is Cc1ccccc1N1c2cccc3c2B(c2cc4c(cc2N3c2ccccc2)C(C)(C)CCC4(C)C)c2sc3ccccc3c21. The molecule has 0 bridgehead atoms. The van der Waals surface area contributed by atoms with Crippen LogP contribution in [0.2, 0.25) is 0 Å². The molecular weight excluding hydrogens is 563 g/mol. The van der Waals surface area contributed by atoms with Gasteiger partial charge in [0.1, 0.15) is 0 Å². The molecule has 0 N–H and O–H groups in total. The Balaban J connectivity index is 1.43. The van der Waals surface area contributed by atoms with E-state index in [0.29, 0.717) is 0 Å². The zero-order valence-corrected chi connectivity index (χ0v) is 27.5. The maximum absolute atomic E-state index is 2.63. The number of nitrogens with zero attached hydrogens (tertiary/aromatic N) is 2. The van der Waals surface area contributed by atoms with Crippen molar-refractivity contribution in [2.45, 2.75) is 58.3 Å². The fourth-order valence-electron chi connectivity index (χ4n) is 8.35. The first-order valence-electron chi connectivity index (χ1n) is 16.3. The lowest BCUT2D eigenvalue weighted by atomic mass is 9.35. The van der Waals surface area contributed by atoms with E-state index in [4.69, 9.17) is 0 Å². The molecule has 2 nitrogen and oxygen atoms in total.